The summed E-state index contributed by atoms with van der Waals surface area (Å²) < 4.78 is 18.1. The highest BCUT2D eigenvalue weighted by molar-refractivity contribution is 6.31. The van der Waals surface area contributed by atoms with Gasteiger partial charge in [0.2, 0.25) is 0 Å². The lowest BCUT2D eigenvalue weighted by Crippen LogP contribution is -2.28. The lowest BCUT2D eigenvalue weighted by atomic mass is 10.0. The van der Waals surface area contributed by atoms with Gasteiger partial charge in [0.1, 0.15) is 5.82 Å². The average Bonchev–Trinajstić information content (AvgIpc) is 2.23. The molecule has 16 heavy (non-hydrogen) atoms. The molecular formula is C12H17ClFNO. The van der Waals surface area contributed by atoms with Crippen LogP contribution in [-0.2, 0) is 11.2 Å². The summed E-state index contributed by atoms with van der Waals surface area (Å²) in [5, 5.41) is 0.557. The molecule has 0 aliphatic carbocycles. The van der Waals surface area contributed by atoms with Crippen LogP contribution in [0.2, 0.25) is 5.02 Å². The third kappa shape index (κ3) is 4.08. The van der Waals surface area contributed by atoms with Crippen LogP contribution < -0.4 is 5.73 Å². The fourth-order valence-corrected chi connectivity index (χ4v) is 1.78. The number of halogens is 2. The summed E-state index contributed by atoms with van der Waals surface area (Å²) in [6.07, 6.45) is 1.38. The van der Waals surface area contributed by atoms with E-state index in [1.54, 1.807) is 13.2 Å². The second-order valence-electron chi connectivity index (χ2n) is 3.98. The van der Waals surface area contributed by atoms with Crippen molar-refractivity contribution in [2.75, 3.05) is 7.11 Å². The summed E-state index contributed by atoms with van der Waals surface area (Å²) in [6, 6.07) is 4.25. The van der Waals surface area contributed by atoms with Crippen LogP contribution in [0.3, 0.4) is 0 Å². The normalized spacial score (nSPS) is 14.8. The molecule has 4 heteroatoms. The second-order valence-corrected chi connectivity index (χ2v) is 4.39. The van der Waals surface area contributed by atoms with Crippen LogP contribution in [0.15, 0.2) is 18.2 Å². The molecule has 1 aromatic rings. The Morgan fingerprint density at radius 3 is 2.81 bits per heavy atom. The van der Waals surface area contributed by atoms with Crippen molar-refractivity contribution in [3.8, 4) is 0 Å². The van der Waals surface area contributed by atoms with Gasteiger partial charge in [0.05, 0.1) is 6.10 Å². The van der Waals surface area contributed by atoms with Crippen molar-refractivity contribution in [1.29, 1.82) is 0 Å². The molecule has 2 unspecified atom stereocenters. The molecule has 1 rings (SSSR count). The van der Waals surface area contributed by atoms with Crippen molar-refractivity contribution in [3.63, 3.8) is 0 Å². The summed E-state index contributed by atoms with van der Waals surface area (Å²) in [7, 11) is 1.65. The molecule has 0 amide bonds. The summed E-state index contributed by atoms with van der Waals surface area (Å²) in [5.41, 5.74) is 6.69. The molecule has 1 aromatic carbocycles. The zero-order valence-electron chi connectivity index (χ0n) is 9.54. The van der Waals surface area contributed by atoms with Gasteiger partial charge in [0, 0.05) is 18.2 Å². The SMILES string of the molecule is COC(C)CC(N)Cc1cc(F)ccc1Cl. The fraction of sp³-hybridized carbons (Fsp3) is 0.500. The van der Waals surface area contributed by atoms with Crippen LogP contribution in [0.1, 0.15) is 18.9 Å². The largest absolute Gasteiger partial charge is 0.382 e. The van der Waals surface area contributed by atoms with Crippen molar-refractivity contribution in [3.05, 3.63) is 34.6 Å². The van der Waals surface area contributed by atoms with Crippen molar-refractivity contribution in [2.24, 2.45) is 5.73 Å². The minimum Gasteiger partial charge on any atom is -0.382 e. The number of hydrogen-bond acceptors (Lipinski definition) is 2. The maximum atomic E-state index is 13.0. The molecule has 0 aromatic heterocycles. The van der Waals surface area contributed by atoms with E-state index in [9.17, 15) is 4.39 Å². The highest BCUT2D eigenvalue weighted by Crippen LogP contribution is 2.19. The first kappa shape index (κ1) is 13.4. The number of hydrogen-bond donors (Lipinski definition) is 1. The van der Waals surface area contributed by atoms with Gasteiger partial charge in [0.15, 0.2) is 0 Å². The second kappa shape index (κ2) is 6.18. The highest BCUT2D eigenvalue weighted by atomic mass is 35.5. The van der Waals surface area contributed by atoms with Crippen LogP contribution in [0, 0.1) is 5.82 Å². The molecule has 2 nitrogen and oxygen atoms in total. The van der Waals surface area contributed by atoms with E-state index in [4.69, 9.17) is 22.1 Å². The number of benzene rings is 1. The third-order valence-corrected chi connectivity index (χ3v) is 2.90. The molecular weight excluding hydrogens is 229 g/mol. The molecule has 0 spiro atoms. The zero-order valence-corrected chi connectivity index (χ0v) is 10.3. The molecule has 2 N–H and O–H groups in total. The van der Waals surface area contributed by atoms with Gasteiger partial charge < -0.3 is 10.5 Å². The van der Waals surface area contributed by atoms with E-state index < -0.39 is 0 Å². The first-order valence-electron chi connectivity index (χ1n) is 5.25. The number of ether oxygens (including phenoxy) is 1. The van der Waals surface area contributed by atoms with E-state index in [0.717, 1.165) is 12.0 Å². The fourth-order valence-electron chi connectivity index (χ4n) is 1.59. The Labute approximate surface area is 101 Å². The van der Waals surface area contributed by atoms with E-state index in [-0.39, 0.29) is 18.0 Å². The van der Waals surface area contributed by atoms with Gasteiger partial charge in [-0.3, -0.25) is 0 Å². The Balaban J connectivity index is 2.61. The standard InChI is InChI=1S/C12H17ClFNO/c1-8(16-2)5-11(15)7-9-6-10(14)3-4-12(9)13/h3-4,6,8,11H,5,7,15H2,1-2H3. The van der Waals surface area contributed by atoms with E-state index in [2.05, 4.69) is 0 Å². The van der Waals surface area contributed by atoms with Crippen LogP contribution in [0.25, 0.3) is 0 Å². The number of rotatable bonds is 5. The Morgan fingerprint density at radius 1 is 1.50 bits per heavy atom. The Bertz CT molecular complexity index is 346. The van der Waals surface area contributed by atoms with Gasteiger partial charge in [-0.25, -0.2) is 4.39 Å². The topological polar surface area (TPSA) is 35.2 Å². The first-order valence-corrected chi connectivity index (χ1v) is 5.63. The molecule has 0 fully saturated rings. The lowest BCUT2D eigenvalue weighted by Gasteiger charge is -2.16. The summed E-state index contributed by atoms with van der Waals surface area (Å²) in [5.74, 6) is -0.286. The maximum absolute atomic E-state index is 13.0. The minimum atomic E-state index is -0.286. The van der Waals surface area contributed by atoms with Gasteiger partial charge in [-0.05, 0) is 43.5 Å². The summed E-state index contributed by atoms with van der Waals surface area (Å²) >= 11 is 5.96. The van der Waals surface area contributed by atoms with Gasteiger partial charge >= 0.3 is 0 Å². The molecule has 0 saturated carbocycles. The van der Waals surface area contributed by atoms with Crippen molar-refractivity contribution in [2.45, 2.75) is 31.9 Å². The molecule has 0 saturated heterocycles. The van der Waals surface area contributed by atoms with Crippen LogP contribution in [0.4, 0.5) is 4.39 Å². The molecule has 0 heterocycles. The van der Waals surface area contributed by atoms with E-state index in [1.807, 2.05) is 6.92 Å². The summed E-state index contributed by atoms with van der Waals surface area (Å²) in [6.45, 7) is 1.95. The Hall–Kier alpha value is -0.640. The quantitative estimate of drug-likeness (QED) is 0.866. The van der Waals surface area contributed by atoms with E-state index in [0.29, 0.717) is 11.4 Å². The molecule has 0 aliphatic heterocycles. The molecule has 0 radical (unpaired) electrons. The molecule has 0 aliphatic rings. The van der Waals surface area contributed by atoms with E-state index in [1.165, 1.54) is 12.1 Å². The number of methoxy groups -OCH3 is 1. The summed E-state index contributed by atoms with van der Waals surface area (Å²) in [4.78, 5) is 0. The van der Waals surface area contributed by atoms with Gasteiger partial charge in [-0.1, -0.05) is 11.6 Å². The highest BCUT2D eigenvalue weighted by Gasteiger charge is 2.11. The molecule has 90 valence electrons. The smallest absolute Gasteiger partial charge is 0.123 e. The average molecular weight is 246 g/mol. The predicted octanol–water partition coefficient (Wildman–Crippen LogP) is 2.77. The predicted molar refractivity (Wildman–Crippen MR) is 64.2 cm³/mol. The van der Waals surface area contributed by atoms with Crippen LogP contribution in [0.5, 0.6) is 0 Å². The monoisotopic (exact) mass is 245 g/mol. The zero-order chi connectivity index (χ0) is 12.1. The van der Waals surface area contributed by atoms with Crippen LogP contribution >= 0.6 is 11.6 Å². The third-order valence-electron chi connectivity index (χ3n) is 2.53. The Kier molecular flexibility index (Phi) is 5.19. The molecule has 2 atom stereocenters. The lowest BCUT2D eigenvalue weighted by molar-refractivity contribution is 0.104. The van der Waals surface area contributed by atoms with Crippen molar-refractivity contribution in [1.82, 2.24) is 0 Å². The molecule has 0 bridgehead atoms. The van der Waals surface area contributed by atoms with Crippen molar-refractivity contribution >= 4 is 11.6 Å². The number of nitrogens with two attached hydrogens (primary N) is 1. The van der Waals surface area contributed by atoms with Crippen molar-refractivity contribution < 1.29 is 9.13 Å². The maximum Gasteiger partial charge on any atom is 0.123 e. The van der Waals surface area contributed by atoms with Gasteiger partial charge in [-0.15, -0.1) is 0 Å². The van der Waals surface area contributed by atoms with Gasteiger partial charge in [-0.2, -0.15) is 0 Å². The van der Waals surface area contributed by atoms with Gasteiger partial charge in [0.25, 0.3) is 0 Å². The minimum absolute atomic E-state index is 0.0748. The Morgan fingerprint density at radius 2 is 2.19 bits per heavy atom. The van der Waals surface area contributed by atoms with Crippen LogP contribution in [-0.4, -0.2) is 19.3 Å². The van der Waals surface area contributed by atoms with E-state index >= 15 is 0 Å². The first-order chi connectivity index (χ1) is 7.52.